The van der Waals surface area contributed by atoms with E-state index in [2.05, 4.69) is 15.2 Å². The highest BCUT2D eigenvalue weighted by Gasteiger charge is 2.24. The van der Waals surface area contributed by atoms with Gasteiger partial charge in [0, 0.05) is 12.6 Å². The van der Waals surface area contributed by atoms with Gasteiger partial charge in [0.15, 0.2) is 6.61 Å². The Kier molecular flexibility index (Phi) is 4.59. The van der Waals surface area contributed by atoms with Gasteiger partial charge in [-0.1, -0.05) is 0 Å². The van der Waals surface area contributed by atoms with Gasteiger partial charge in [-0.05, 0) is 26.3 Å². The second kappa shape index (κ2) is 6.42. The van der Waals surface area contributed by atoms with Crippen molar-refractivity contribution in [1.82, 2.24) is 15.2 Å². The van der Waals surface area contributed by atoms with E-state index in [0.717, 1.165) is 0 Å². The van der Waals surface area contributed by atoms with Gasteiger partial charge >= 0.3 is 11.9 Å². The van der Waals surface area contributed by atoms with Gasteiger partial charge in [0.05, 0.1) is 12.2 Å². The van der Waals surface area contributed by atoms with E-state index >= 15 is 0 Å². The molecule has 0 spiro atoms. The molecule has 2 aromatic heterocycles. The van der Waals surface area contributed by atoms with Crippen LogP contribution in [0.4, 0.5) is 0 Å². The highest BCUT2D eigenvalue weighted by Crippen LogP contribution is 2.20. The maximum atomic E-state index is 12.1. The first-order valence-corrected chi connectivity index (χ1v) is 6.76. The van der Waals surface area contributed by atoms with Crippen LogP contribution < -0.4 is 0 Å². The molecule has 0 bridgehead atoms. The highest BCUT2D eigenvalue weighted by atomic mass is 16.5. The molecule has 0 saturated heterocycles. The average molecular weight is 307 g/mol. The SMILES string of the molecule is CCOC(=O)c1c(C)[nH]c(C(=O)OCc2nnc(C)o2)c1C. The van der Waals surface area contributed by atoms with Crippen molar-refractivity contribution in [2.75, 3.05) is 6.61 Å². The van der Waals surface area contributed by atoms with Gasteiger partial charge in [-0.2, -0.15) is 0 Å². The summed E-state index contributed by atoms with van der Waals surface area (Å²) < 4.78 is 15.2. The van der Waals surface area contributed by atoms with E-state index < -0.39 is 11.9 Å². The minimum Gasteiger partial charge on any atom is -0.462 e. The van der Waals surface area contributed by atoms with E-state index in [1.54, 1.807) is 27.7 Å². The molecular weight excluding hydrogens is 290 g/mol. The molecule has 8 heteroatoms. The van der Waals surface area contributed by atoms with Crippen LogP contribution in [0.15, 0.2) is 4.42 Å². The van der Waals surface area contributed by atoms with Crippen LogP contribution in [-0.2, 0) is 16.1 Å². The standard InChI is InChI=1S/C14H17N3O5/c1-5-20-13(18)11-7(2)12(15-8(11)3)14(19)21-6-10-17-16-9(4)22-10/h15H,5-6H2,1-4H3. The zero-order chi connectivity index (χ0) is 16.3. The molecule has 0 aliphatic carbocycles. The van der Waals surface area contributed by atoms with Crippen molar-refractivity contribution in [3.8, 4) is 0 Å². The quantitative estimate of drug-likeness (QED) is 0.840. The zero-order valence-electron chi connectivity index (χ0n) is 12.8. The molecule has 2 heterocycles. The first kappa shape index (κ1) is 15.7. The summed E-state index contributed by atoms with van der Waals surface area (Å²) in [5.41, 5.74) is 1.60. The normalized spacial score (nSPS) is 10.5. The number of carbonyl (C=O) groups is 2. The summed E-state index contributed by atoms with van der Waals surface area (Å²) in [6, 6.07) is 0. The molecule has 22 heavy (non-hydrogen) atoms. The van der Waals surface area contributed by atoms with Crippen molar-refractivity contribution < 1.29 is 23.5 Å². The Hall–Kier alpha value is -2.64. The van der Waals surface area contributed by atoms with Crippen LogP contribution in [0.5, 0.6) is 0 Å². The number of esters is 2. The van der Waals surface area contributed by atoms with Crippen molar-refractivity contribution in [3.63, 3.8) is 0 Å². The molecule has 0 amide bonds. The molecular formula is C14H17N3O5. The maximum Gasteiger partial charge on any atom is 0.355 e. The number of aryl methyl sites for hydroxylation is 2. The Morgan fingerprint density at radius 1 is 1.14 bits per heavy atom. The van der Waals surface area contributed by atoms with Crippen molar-refractivity contribution in [2.45, 2.75) is 34.3 Å². The third-order valence-electron chi connectivity index (χ3n) is 3.02. The number of aromatic amines is 1. The third-order valence-corrected chi connectivity index (χ3v) is 3.02. The minimum absolute atomic E-state index is 0.133. The lowest BCUT2D eigenvalue weighted by molar-refractivity contribution is 0.0429. The molecule has 0 unspecified atom stereocenters. The predicted molar refractivity (Wildman–Crippen MR) is 74.4 cm³/mol. The molecule has 118 valence electrons. The lowest BCUT2D eigenvalue weighted by Crippen LogP contribution is -2.09. The van der Waals surface area contributed by atoms with Crippen molar-refractivity contribution in [2.24, 2.45) is 0 Å². The zero-order valence-corrected chi connectivity index (χ0v) is 12.8. The fourth-order valence-corrected chi connectivity index (χ4v) is 2.06. The van der Waals surface area contributed by atoms with Gasteiger partial charge in [0.2, 0.25) is 5.89 Å². The number of hydrogen-bond donors (Lipinski definition) is 1. The number of hydrogen-bond acceptors (Lipinski definition) is 7. The number of nitrogens with one attached hydrogen (secondary N) is 1. The maximum absolute atomic E-state index is 12.1. The van der Waals surface area contributed by atoms with Crippen LogP contribution in [0.25, 0.3) is 0 Å². The second-order valence-corrected chi connectivity index (χ2v) is 4.64. The van der Waals surface area contributed by atoms with Gasteiger partial charge in [-0.15, -0.1) is 10.2 Å². The smallest absolute Gasteiger partial charge is 0.355 e. The Morgan fingerprint density at radius 3 is 2.45 bits per heavy atom. The summed E-state index contributed by atoms with van der Waals surface area (Å²) >= 11 is 0. The molecule has 8 nitrogen and oxygen atoms in total. The van der Waals surface area contributed by atoms with Crippen LogP contribution in [0, 0.1) is 20.8 Å². The Bertz CT molecular complexity index is 701. The second-order valence-electron chi connectivity index (χ2n) is 4.64. The first-order valence-electron chi connectivity index (χ1n) is 6.76. The predicted octanol–water partition coefficient (Wildman–Crippen LogP) is 1.86. The lowest BCUT2D eigenvalue weighted by atomic mass is 10.1. The molecule has 0 aliphatic heterocycles. The fourth-order valence-electron chi connectivity index (χ4n) is 2.06. The summed E-state index contributed by atoms with van der Waals surface area (Å²) in [5.74, 6) is -0.479. The van der Waals surface area contributed by atoms with Gasteiger partial charge in [-0.3, -0.25) is 0 Å². The fraction of sp³-hybridized carbons (Fsp3) is 0.429. The van der Waals surface area contributed by atoms with Crippen molar-refractivity contribution in [1.29, 1.82) is 0 Å². The summed E-state index contributed by atoms with van der Waals surface area (Å²) in [5, 5.41) is 7.37. The molecule has 2 aromatic rings. The van der Waals surface area contributed by atoms with Gasteiger partial charge < -0.3 is 18.9 Å². The van der Waals surface area contributed by atoms with E-state index in [0.29, 0.717) is 22.7 Å². The minimum atomic E-state index is -0.605. The molecule has 0 saturated carbocycles. The number of nitrogens with zero attached hydrogens (tertiary/aromatic N) is 2. The molecule has 2 rings (SSSR count). The molecule has 0 radical (unpaired) electrons. The number of H-pyrrole nitrogens is 1. The van der Waals surface area contributed by atoms with Crippen LogP contribution in [0.3, 0.4) is 0 Å². The summed E-state index contributed by atoms with van der Waals surface area (Å²) in [7, 11) is 0. The Morgan fingerprint density at radius 2 is 1.86 bits per heavy atom. The van der Waals surface area contributed by atoms with Gasteiger partial charge in [-0.25, -0.2) is 9.59 Å². The number of rotatable bonds is 5. The molecule has 0 fully saturated rings. The molecule has 0 atom stereocenters. The summed E-state index contributed by atoms with van der Waals surface area (Å²) in [4.78, 5) is 26.8. The highest BCUT2D eigenvalue weighted by molar-refractivity contribution is 5.98. The van der Waals surface area contributed by atoms with Crippen LogP contribution >= 0.6 is 0 Å². The topological polar surface area (TPSA) is 107 Å². The first-order chi connectivity index (χ1) is 10.4. The van der Waals surface area contributed by atoms with Gasteiger partial charge in [0.25, 0.3) is 5.89 Å². The summed E-state index contributed by atoms with van der Waals surface area (Å²) in [6.45, 7) is 6.84. The van der Waals surface area contributed by atoms with E-state index in [4.69, 9.17) is 13.9 Å². The molecule has 0 aromatic carbocycles. The Balaban J connectivity index is 2.13. The average Bonchev–Trinajstić information content (AvgIpc) is 3.00. The molecule has 0 aliphatic rings. The van der Waals surface area contributed by atoms with Gasteiger partial charge in [0.1, 0.15) is 5.69 Å². The summed E-state index contributed by atoms with van der Waals surface area (Å²) in [6.07, 6.45) is 0. The van der Waals surface area contributed by atoms with Crippen molar-refractivity contribution >= 4 is 11.9 Å². The Labute approximate surface area is 126 Å². The third kappa shape index (κ3) is 3.16. The number of ether oxygens (including phenoxy) is 2. The van der Waals surface area contributed by atoms with E-state index in [1.165, 1.54) is 0 Å². The number of carbonyl (C=O) groups excluding carboxylic acids is 2. The molecule has 1 N–H and O–H groups in total. The van der Waals surface area contributed by atoms with Crippen LogP contribution in [0.1, 0.15) is 50.8 Å². The van der Waals surface area contributed by atoms with Crippen molar-refractivity contribution in [3.05, 3.63) is 34.3 Å². The van der Waals surface area contributed by atoms with Crippen LogP contribution in [0.2, 0.25) is 0 Å². The van der Waals surface area contributed by atoms with E-state index in [-0.39, 0.29) is 24.8 Å². The largest absolute Gasteiger partial charge is 0.462 e. The van der Waals surface area contributed by atoms with E-state index in [1.807, 2.05) is 0 Å². The monoisotopic (exact) mass is 307 g/mol. The van der Waals surface area contributed by atoms with Crippen LogP contribution in [-0.4, -0.2) is 33.7 Å². The van der Waals surface area contributed by atoms with E-state index in [9.17, 15) is 9.59 Å². The number of aromatic nitrogens is 3. The lowest BCUT2D eigenvalue weighted by Gasteiger charge is -2.03.